The van der Waals surface area contributed by atoms with Crippen molar-refractivity contribution in [2.24, 2.45) is 5.41 Å². The Balaban J connectivity index is 1.18. The van der Waals surface area contributed by atoms with Crippen LogP contribution >= 0.6 is 35.2 Å². The third-order valence-electron chi connectivity index (χ3n) is 12.9. The molecule has 25 nitrogen and oxygen atoms in total. The molecule has 29 heteroatoms. The van der Waals surface area contributed by atoms with Crippen molar-refractivity contribution in [2.45, 2.75) is 193 Å². The summed E-state index contributed by atoms with van der Waals surface area (Å²) in [7, 11) is -17.7. The van der Waals surface area contributed by atoms with E-state index in [4.69, 9.17) is 10.5 Å². The summed E-state index contributed by atoms with van der Waals surface area (Å²) in [4.78, 5) is 110. The Bertz CT molecular complexity index is 2530. The molecule has 2 amide bonds. The number of aliphatic hydroxyl groups is 2. The van der Waals surface area contributed by atoms with Crippen LogP contribution in [0.5, 0.6) is 0 Å². The summed E-state index contributed by atoms with van der Waals surface area (Å²) >= 11 is 0.928. The van der Waals surface area contributed by atoms with Crippen molar-refractivity contribution in [3.63, 3.8) is 0 Å². The highest BCUT2D eigenvalue weighted by Crippen LogP contribution is 2.56. The first-order valence-corrected chi connectivity index (χ1v) is 33.4. The van der Waals surface area contributed by atoms with Crippen molar-refractivity contribution in [1.82, 2.24) is 30.2 Å². The van der Waals surface area contributed by atoms with E-state index in [-0.39, 0.29) is 59.6 Å². The summed E-state index contributed by atoms with van der Waals surface area (Å²) in [6.45, 7) is 2.16. The molecule has 2 aromatic rings. The van der Waals surface area contributed by atoms with E-state index >= 15 is 0 Å². The van der Waals surface area contributed by atoms with Gasteiger partial charge in [0.1, 0.15) is 42.0 Å². The van der Waals surface area contributed by atoms with Crippen LogP contribution in [-0.2, 0) is 55.5 Å². The number of hydrogen-bond acceptors (Lipinski definition) is 23. The third kappa shape index (κ3) is 30.3. The maximum atomic E-state index is 12.7. The van der Waals surface area contributed by atoms with Gasteiger partial charge in [0.2, 0.25) is 11.8 Å². The summed E-state index contributed by atoms with van der Waals surface area (Å²) in [5.74, 6) is -1.52. The van der Waals surface area contributed by atoms with E-state index in [1.54, 1.807) is 0 Å². The molecule has 1 aliphatic rings. The number of amides is 2. The molecule has 1 saturated heterocycles. The fourth-order valence-electron chi connectivity index (χ4n) is 8.31. The molecule has 1 aliphatic heterocycles. The summed E-state index contributed by atoms with van der Waals surface area (Å²) < 4.78 is 61.0. The molecular formula is C53H84N7O18P3S-4. The molecule has 0 aromatic carbocycles. The maximum Gasteiger partial charge on any atom is 0.274 e. The Kier molecular flexibility index (Phi) is 34.5. The average molecular weight is 1230 g/mol. The molecule has 0 saturated carbocycles. The quantitative estimate of drug-likeness (QED) is 0.0215. The fraction of sp³-hybridized carbons (Fsp3) is 0.679. The van der Waals surface area contributed by atoms with Crippen molar-refractivity contribution < 1.29 is 85.3 Å². The van der Waals surface area contributed by atoms with Gasteiger partial charge in [-0.05, 0) is 51.4 Å². The van der Waals surface area contributed by atoms with Gasteiger partial charge in [-0.15, -0.1) is 0 Å². The van der Waals surface area contributed by atoms with Crippen LogP contribution in [0.25, 0.3) is 11.2 Å². The van der Waals surface area contributed by atoms with Crippen molar-refractivity contribution in [3.05, 3.63) is 61.3 Å². The second-order valence-corrected chi connectivity index (χ2v) is 25.7. The molecule has 464 valence electrons. The van der Waals surface area contributed by atoms with Gasteiger partial charge in [0, 0.05) is 37.1 Å². The predicted molar refractivity (Wildman–Crippen MR) is 302 cm³/mol. The molecule has 82 heavy (non-hydrogen) atoms. The topological polar surface area (TPSA) is 392 Å². The predicted octanol–water partition coefficient (Wildman–Crippen LogP) is 6.14. The van der Waals surface area contributed by atoms with E-state index in [0.717, 1.165) is 80.4 Å². The number of phosphoric acid groups is 3. The van der Waals surface area contributed by atoms with E-state index in [0.29, 0.717) is 6.42 Å². The first-order valence-electron chi connectivity index (χ1n) is 28.0. The van der Waals surface area contributed by atoms with Crippen molar-refractivity contribution >= 4 is 74.9 Å². The van der Waals surface area contributed by atoms with Crippen LogP contribution in [0.1, 0.15) is 168 Å². The molecule has 0 aliphatic carbocycles. The monoisotopic (exact) mass is 1230 g/mol. The minimum absolute atomic E-state index is 0.0263. The van der Waals surface area contributed by atoms with Gasteiger partial charge in [-0.25, -0.2) is 19.3 Å². The number of anilines is 1. The number of rotatable bonds is 45. The smallest absolute Gasteiger partial charge is 0.274 e. The highest BCUT2D eigenvalue weighted by atomic mass is 32.2. The number of allylic oxidation sites excluding steroid dienone is 8. The number of thioether (sulfide) groups is 1. The number of carbonyl (C=O) groups excluding carboxylic acids is 4. The van der Waals surface area contributed by atoms with E-state index < -0.39 is 84.6 Å². The highest BCUT2D eigenvalue weighted by molar-refractivity contribution is 8.13. The number of Topliss-reactive ketones (excluding diaryl/α,β-unsaturated/α-hetero) is 1. The first-order chi connectivity index (χ1) is 38.9. The highest BCUT2D eigenvalue weighted by Gasteiger charge is 2.47. The number of nitrogens with zero attached hydrogens (tertiary/aromatic N) is 4. The van der Waals surface area contributed by atoms with Crippen LogP contribution in [0, 0.1) is 5.41 Å². The van der Waals surface area contributed by atoms with Crippen LogP contribution in [0.15, 0.2) is 61.3 Å². The number of hydrogen-bond donors (Lipinski definition) is 5. The number of aromatic nitrogens is 4. The summed E-state index contributed by atoms with van der Waals surface area (Å²) in [6.07, 6.45) is 32.2. The van der Waals surface area contributed by atoms with Crippen molar-refractivity contribution in [2.75, 3.05) is 37.8 Å². The zero-order chi connectivity index (χ0) is 60.4. The van der Waals surface area contributed by atoms with Gasteiger partial charge in [0.05, 0.1) is 33.8 Å². The van der Waals surface area contributed by atoms with Crippen molar-refractivity contribution in [3.8, 4) is 0 Å². The van der Waals surface area contributed by atoms with E-state index in [1.165, 1.54) is 84.5 Å². The Morgan fingerprint density at radius 1 is 0.780 bits per heavy atom. The lowest BCUT2D eigenvalue weighted by atomic mass is 9.87. The van der Waals surface area contributed by atoms with E-state index in [9.17, 15) is 62.7 Å². The average Bonchev–Trinajstić information content (AvgIpc) is 4.16. The standard InChI is InChI=1S/C53H88N7O18P3S/c1-4-5-6-7-8-9-10-11-12-13-14-15-16-17-18-19-20-21-22-23-24-25-26-27-28-29-30-31-41(61)36-44(63)82-35-34-55-43(62)32-33-56-51(66)48(65)53(2,3)38-75-81(72,73)78-80(70,71)74-37-42-47(77-79(67,68)69)46(64)52(76-42)60-40-59-45-49(54)57-39-58-50(45)60/h8-9,11-12,14-15,17-18,39-40,42,46-48,52,64-65H,4-7,10,13,16,19-38H2,1-3H3,(H,55,62)(H,56,66)(H,70,71)(H,72,73)(H2,54,57,58)(H2,67,68,69)/p-4/b9-8-,12-11-,15-14-,18-17-/t42-,46-,47-,48+,52-/m1/s1. The largest absolute Gasteiger partial charge is 0.790 e. The zero-order valence-corrected chi connectivity index (χ0v) is 50.8. The number of imidazole rings is 1. The lowest BCUT2D eigenvalue weighted by molar-refractivity contribution is -0.347. The van der Waals surface area contributed by atoms with Gasteiger partial charge in [-0.1, -0.05) is 152 Å². The van der Waals surface area contributed by atoms with Gasteiger partial charge in [-0.2, -0.15) is 0 Å². The third-order valence-corrected chi connectivity index (χ3v) is 16.8. The molecule has 3 rings (SSSR count). The number of ether oxygens (including phenoxy) is 1. The van der Waals surface area contributed by atoms with Crippen LogP contribution in [0.2, 0.25) is 0 Å². The molecule has 0 bridgehead atoms. The number of aliphatic hydroxyl groups excluding tert-OH is 2. The lowest BCUT2D eigenvalue weighted by Crippen LogP contribution is -2.46. The van der Waals surface area contributed by atoms with Gasteiger partial charge in [0.25, 0.3) is 15.6 Å². The number of fused-ring (bicyclic) bond motifs is 1. The van der Waals surface area contributed by atoms with E-state index in [2.05, 4.69) is 99.0 Å². The van der Waals surface area contributed by atoms with Crippen molar-refractivity contribution in [1.29, 1.82) is 0 Å². The Hall–Kier alpha value is -3.81. The number of carbonyl (C=O) groups is 4. The Morgan fingerprint density at radius 3 is 1.94 bits per heavy atom. The van der Waals surface area contributed by atoms with Gasteiger partial charge < -0.3 is 69.0 Å². The number of unbranched alkanes of at least 4 members (excludes halogenated alkanes) is 14. The number of ketones is 1. The molecule has 3 heterocycles. The number of nitrogens with two attached hydrogens (primary N) is 1. The normalized spacial score (nSPS) is 18.9. The van der Waals surface area contributed by atoms with Gasteiger partial charge in [-0.3, -0.25) is 32.9 Å². The second-order valence-electron chi connectivity index (χ2n) is 20.4. The fourth-order valence-corrected chi connectivity index (χ4v) is 11.7. The van der Waals surface area contributed by atoms with Gasteiger partial charge >= 0.3 is 0 Å². The number of nitrogens with one attached hydrogen (secondary N) is 2. The molecule has 0 spiro atoms. The first kappa shape index (κ1) is 72.4. The summed E-state index contributed by atoms with van der Waals surface area (Å²) in [5, 5.41) is 26.1. The second kappa shape index (κ2) is 39.0. The molecular weight excluding hydrogens is 1150 g/mol. The van der Waals surface area contributed by atoms with Crippen LogP contribution in [0.3, 0.4) is 0 Å². The summed E-state index contributed by atoms with van der Waals surface area (Å²) in [6, 6.07) is 0. The Labute approximate surface area is 485 Å². The number of phosphoric ester groups is 3. The maximum absolute atomic E-state index is 12.7. The summed E-state index contributed by atoms with van der Waals surface area (Å²) in [5.41, 5.74) is 4.06. The van der Waals surface area contributed by atoms with Crippen LogP contribution in [0.4, 0.5) is 5.82 Å². The molecule has 6 N–H and O–H groups in total. The molecule has 2 unspecified atom stereocenters. The molecule has 7 atom stereocenters. The van der Waals surface area contributed by atoms with Gasteiger partial charge in [0.15, 0.2) is 22.8 Å². The number of nitrogen functional groups attached to an aromatic ring is 1. The molecule has 2 aromatic heterocycles. The molecule has 0 radical (unpaired) electrons. The molecule has 1 fully saturated rings. The minimum atomic E-state index is -5.94. The zero-order valence-electron chi connectivity index (χ0n) is 47.3. The van der Waals surface area contributed by atoms with Crippen LogP contribution < -0.4 is 35.9 Å². The van der Waals surface area contributed by atoms with E-state index in [1.807, 2.05) is 0 Å². The minimum Gasteiger partial charge on any atom is -0.790 e. The van der Waals surface area contributed by atoms with Crippen LogP contribution in [-0.4, -0.2) is 109 Å². The Morgan fingerprint density at radius 2 is 1.34 bits per heavy atom. The SMILES string of the molecule is CCCCC/C=C\C/C=C\C/C=C\C/C=C\CCCCCCCCCCCCCC(=O)CC(=O)SCCNC(=O)CCNC(=O)[C@H](O)C(C)(C)COP(=O)([O-])OP(=O)([O-])OC[C@H]1O[C@@H](n2cnc3c(N)ncnc32)[C@H](O)[C@@H]1OP(=O)([O-])[O-]. The lowest BCUT2D eigenvalue weighted by Gasteiger charge is -2.36.